The number of methoxy groups -OCH3 is 1. The van der Waals surface area contributed by atoms with Gasteiger partial charge in [0.05, 0.1) is 18.1 Å². The summed E-state index contributed by atoms with van der Waals surface area (Å²) in [5.74, 6) is 0.552. The zero-order chi connectivity index (χ0) is 14.3. The molecule has 0 amide bonds. The van der Waals surface area contributed by atoms with E-state index in [0.717, 1.165) is 21.0 Å². The first kappa shape index (κ1) is 12.8. The summed E-state index contributed by atoms with van der Waals surface area (Å²) >= 11 is 1.49. The number of fused-ring (bicyclic) bond motifs is 1. The summed E-state index contributed by atoms with van der Waals surface area (Å²) in [7, 11) is 1.54. The highest BCUT2D eigenvalue weighted by Crippen LogP contribution is 2.31. The van der Waals surface area contributed by atoms with E-state index >= 15 is 0 Å². The summed E-state index contributed by atoms with van der Waals surface area (Å²) in [5, 5.41) is 10.5. The molecule has 2 aromatic heterocycles. The van der Waals surface area contributed by atoms with Crippen LogP contribution in [0.25, 0.3) is 21.5 Å². The van der Waals surface area contributed by atoms with Crippen LogP contribution in [0.2, 0.25) is 0 Å². The Labute approximate surface area is 118 Å². The van der Waals surface area contributed by atoms with Crippen LogP contribution in [-0.2, 0) is 0 Å². The Hall–Kier alpha value is -2.21. The Bertz CT molecular complexity index is 851. The van der Waals surface area contributed by atoms with Crippen molar-refractivity contribution in [2.75, 3.05) is 7.11 Å². The lowest BCUT2D eigenvalue weighted by molar-refractivity contribution is 0.409. The summed E-state index contributed by atoms with van der Waals surface area (Å²) in [6.45, 7) is 3.58. The molecule has 0 saturated heterocycles. The second-order valence-electron chi connectivity index (χ2n) is 4.38. The summed E-state index contributed by atoms with van der Waals surface area (Å²) in [6, 6.07) is 5.58. The van der Waals surface area contributed by atoms with Crippen LogP contribution in [0.3, 0.4) is 0 Å². The number of rotatable bonds is 2. The number of hydrogen-bond donors (Lipinski definition) is 0. The first-order chi connectivity index (χ1) is 9.60. The average Bonchev–Trinajstić information content (AvgIpc) is 2.86. The first-order valence-corrected chi connectivity index (χ1v) is 6.83. The number of hydrogen-bond acceptors (Lipinski definition) is 6. The third-order valence-electron chi connectivity index (χ3n) is 3.05. The van der Waals surface area contributed by atoms with Gasteiger partial charge in [-0.15, -0.1) is 10.2 Å². The van der Waals surface area contributed by atoms with Crippen molar-refractivity contribution in [1.29, 1.82) is 0 Å². The highest BCUT2D eigenvalue weighted by Gasteiger charge is 2.13. The lowest BCUT2D eigenvalue weighted by Crippen LogP contribution is -2.05. The zero-order valence-corrected chi connectivity index (χ0v) is 12.1. The van der Waals surface area contributed by atoms with Crippen LogP contribution in [0.5, 0.6) is 5.75 Å². The maximum absolute atomic E-state index is 11.8. The summed E-state index contributed by atoms with van der Waals surface area (Å²) in [4.78, 5) is 11.8. The largest absolute Gasteiger partial charge is 0.495 e. The van der Waals surface area contributed by atoms with E-state index in [-0.39, 0.29) is 5.63 Å². The van der Waals surface area contributed by atoms with Crippen molar-refractivity contribution in [2.24, 2.45) is 0 Å². The van der Waals surface area contributed by atoms with Gasteiger partial charge < -0.3 is 9.15 Å². The molecule has 102 valence electrons. The molecule has 0 atom stereocenters. The Morgan fingerprint density at radius 3 is 2.70 bits per heavy atom. The topological polar surface area (TPSA) is 65.2 Å². The Kier molecular flexibility index (Phi) is 3.02. The van der Waals surface area contributed by atoms with E-state index in [9.17, 15) is 4.79 Å². The molecule has 20 heavy (non-hydrogen) atoms. The van der Waals surface area contributed by atoms with Crippen molar-refractivity contribution in [2.45, 2.75) is 13.8 Å². The van der Waals surface area contributed by atoms with Crippen LogP contribution in [0.1, 0.15) is 10.6 Å². The van der Waals surface area contributed by atoms with Crippen molar-refractivity contribution in [3.8, 4) is 16.3 Å². The second-order valence-corrected chi connectivity index (χ2v) is 5.57. The maximum Gasteiger partial charge on any atom is 0.342 e. The van der Waals surface area contributed by atoms with Gasteiger partial charge in [-0.25, -0.2) is 4.79 Å². The van der Waals surface area contributed by atoms with Crippen LogP contribution in [0.4, 0.5) is 0 Å². The van der Waals surface area contributed by atoms with Gasteiger partial charge in [-0.2, -0.15) is 0 Å². The minimum Gasteiger partial charge on any atom is -0.495 e. The predicted molar refractivity (Wildman–Crippen MR) is 77.4 cm³/mol. The number of nitrogens with zero attached hydrogens (tertiary/aromatic N) is 2. The van der Waals surface area contributed by atoms with Crippen molar-refractivity contribution >= 4 is 22.3 Å². The Morgan fingerprint density at radius 1 is 1.25 bits per heavy atom. The summed E-state index contributed by atoms with van der Waals surface area (Å²) < 4.78 is 10.6. The van der Waals surface area contributed by atoms with Gasteiger partial charge in [0.1, 0.15) is 21.3 Å². The molecule has 0 bridgehead atoms. The molecule has 0 N–H and O–H groups in total. The smallest absolute Gasteiger partial charge is 0.342 e. The van der Waals surface area contributed by atoms with Crippen molar-refractivity contribution in [3.05, 3.63) is 39.2 Å². The second kappa shape index (κ2) is 4.72. The van der Waals surface area contributed by atoms with Gasteiger partial charge in [-0.3, -0.25) is 0 Å². The van der Waals surface area contributed by atoms with E-state index in [0.29, 0.717) is 16.9 Å². The molecule has 0 aliphatic carbocycles. The fraction of sp³-hybridized carbons (Fsp3) is 0.214. The Morgan fingerprint density at radius 2 is 2.05 bits per heavy atom. The molecule has 6 heteroatoms. The van der Waals surface area contributed by atoms with Crippen molar-refractivity contribution < 1.29 is 9.15 Å². The number of aryl methyl sites for hydroxylation is 1. The van der Waals surface area contributed by atoms with Gasteiger partial charge in [-0.05, 0) is 26.0 Å². The standard InChI is InChI=1S/C14H12N2O3S/c1-7-12(18-3)10-5-4-9(6-11(10)19-14(7)17)13-16-15-8(2)20-13/h4-6H,1-3H3. The molecule has 5 nitrogen and oxygen atoms in total. The highest BCUT2D eigenvalue weighted by atomic mass is 32.1. The lowest BCUT2D eigenvalue weighted by atomic mass is 10.1. The van der Waals surface area contributed by atoms with E-state index in [1.165, 1.54) is 11.3 Å². The van der Waals surface area contributed by atoms with Crippen molar-refractivity contribution in [3.63, 3.8) is 0 Å². The van der Waals surface area contributed by atoms with Gasteiger partial charge in [0, 0.05) is 5.56 Å². The van der Waals surface area contributed by atoms with Crippen LogP contribution in [0.15, 0.2) is 27.4 Å². The minimum atomic E-state index is -0.389. The maximum atomic E-state index is 11.8. The van der Waals surface area contributed by atoms with Gasteiger partial charge in [-0.1, -0.05) is 17.4 Å². The average molecular weight is 288 g/mol. The molecule has 3 rings (SSSR count). The van der Waals surface area contributed by atoms with E-state index in [1.807, 2.05) is 19.1 Å². The number of aromatic nitrogens is 2. The third-order valence-corrected chi connectivity index (χ3v) is 3.94. The summed E-state index contributed by atoms with van der Waals surface area (Å²) in [5.41, 5.74) is 1.44. The summed E-state index contributed by atoms with van der Waals surface area (Å²) in [6.07, 6.45) is 0. The van der Waals surface area contributed by atoms with E-state index in [2.05, 4.69) is 10.2 Å². The molecule has 1 aromatic carbocycles. The fourth-order valence-electron chi connectivity index (χ4n) is 2.07. The van der Waals surface area contributed by atoms with Crippen LogP contribution >= 0.6 is 11.3 Å². The van der Waals surface area contributed by atoms with Gasteiger partial charge in [0.15, 0.2) is 0 Å². The van der Waals surface area contributed by atoms with E-state index < -0.39 is 0 Å². The third kappa shape index (κ3) is 1.98. The zero-order valence-electron chi connectivity index (χ0n) is 11.3. The van der Waals surface area contributed by atoms with Gasteiger partial charge in [0.2, 0.25) is 0 Å². The molecule has 0 aliphatic rings. The van der Waals surface area contributed by atoms with Gasteiger partial charge in [0.25, 0.3) is 0 Å². The van der Waals surface area contributed by atoms with Gasteiger partial charge >= 0.3 is 5.63 Å². The molecular formula is C14H12N2O3S. The van der Waals surface area contributed by atoms with E-state index in [1.54, 1.807) is 20.1 Å². The molecule has 0 saturated carbocycles. The molecule has 0 spiro atoms. The van der Waals surface area contributed by atoms with Crippen LogP contribution < -0.4 is 10.4 Å². The highest BCUT2D eigenvalue weighted by molar-refractivity contribution is 7.14. The van der Waals surface area contributed by atoms with Crippen LogP contribution in [0, 0.1) is 13.8 Å². The molecule has 0 radical (unpaired) electrons. The minimum absolute atomic E-state index is 0.389. The number of ether oxygens (including phenoxy) is 1. The first-order valence-electron chi connectivity index (χ1n) is 6.02. The monoisotopic (exact) mass is 288 g/mol. The fourth-order valence-corrected chi connectivity index (χ4v) is 2.76. The molecule has 0 unspecified atom stereocenters. The molecule has 2 heterocycles. The van der Waals surface area contributed by atoms with E-state index in [4.69, 9.17) is 9.15 Å². The molecule has 0 aliphatic heterocycles. The Balaban J connectivity index is 2.27. The number of benzene rings is 1. The lowest BCUT2D eigenvalue weighted by Gasteiger charge is -2.07. The molecular weight excluding hydrogens is 276 g/mol. The normalized spacial score (nSPS) is 10.9. The SMILES string of the molecule is COc1c(C)c(=O)oc2cc(-c3nnc(C)s3)ccc12. The molecule has 3 aromatic rings. The van der Waals surface area contributed by atoms with Crippen LogP contribution in [-0.4, -0.2) is 17.3 Å². The quantitative estimate of drug-likeness (QED) is 0.678. The van der Waals surface area contributed by atoms with Crippen molar-refractivity contribution in [1.82, 2.24) is 10.2 Å². The predicted octanol–water partition coefficient (Wildman–Crippen LogP) is 2.94. The molecule has 0 fully saturated rings.